The molecular weight excluding hydrogens is 337 g/mol. The summed E-state index contributed by atoms with van der Waals surface area (Å²) in [5.41, 5.74) is 1.02. The number of halogens is 1. The van der Waals surface area contributed by atoms with Crippen molar-refractivity contribution < 1.29 is 9.18 Å². The van der Waals surface area contributed by atoms with E-state index >= 15 is 0 Å². The van der Waals surface area contributed by atoms with Gasteiger partial charge in [0, 0.05) is 11.3 Å². The Morgan fingerprint density at radius 3 is 2.26 bits per heavy atom. The van der Waals surface area contributed by atoms with Crippen LogP contribution in [-0.2, 0) is 10.2 Å². The van der Waals surface area contributed by atoms with E-state index in [1.165, 1.54) is 12.1 Å². The molecule has 1 atom stereocenters. The van der Waals surface area contributed by atoms with Gasteiger partial charge in [0.25, 0.3) is 0 Å². The summed E-state index contributed by atoms with van der Waals surface area (Å²) < 4.78 is 13.5. The molecule has 0 radical (unpaired) electrons. The van der Waals surface area contributed by atoms with Gasteiger partial charge in [0.1, 0.15) is 11.2 Å². The fraction of sp³-hybridized carbons (Fsp3) is 0.125. The monoisotopic (exact) mass is 357 g/mol. The van der Waals surface area contributed by atoms with Crippen LogP contribution in [0.1, 0.15) is 24.5 Å². The highest BCUT2D eigenvalue weighted by Crippen LogP contribution is 2.29. The molecule has 3 aromatic carbocycles. The Bertz CT molecular complexity index is 973. The van der Waals surface area contributed by atoms with Crippen molar-refractivity contribution in [1.82, 2.24) is 0 Å². The number of amides is 1. The molecule has 0 bridgehead atoms. The van der Waals surface area contributed by atoms with Crippen LogP contribution in [-0.4, -0.2) is 5.91 Å². The molecule has 3 rings (SSSR count). The quantitative estimate of drug-likeness (QED) is 0.642. The van der Waals surface area contributed by atoms with E-state index in [0.29, 0.717) is 12.1 Å². The fourth-order valence-corrected chi connectivity index (χ4v) is 2.94. The number of hydrogen-bond acceptors (Lipinski definition) is 1. The van der Waals surface area contributed by atoms with Gasteiger partial charge in [0.15, 0.2) is 0 Å². The van der Waals surface area contributed by atoms with Crippen LogP contribution in [0, 0.1) is 17.7 Å². The Morgan fingerprint density at radius 1 is 0.963 bits per heavy atom. The fourth-order valence-electron chi connectivity index (χ4n) is 2.94. The summed E-state index contributed by atoms with van der Waals surface area (Å²) in [5.74, 6) is 5.65. The summed E-state index contributed by atoms with van der Waals surface area (Å²) in [6.45, 7) is 1.93. The summed E-state index contributed by atoms with van der Waals surface area (Å²) in [5, 5.41) is 2.83. The zero-order chi connectivity index (χ0) is 19.1. The first-order valence-corrected chi connectivity index (χ1v) is 8.85. The van der Waals surface area contributed by atoms with Crippen LogP contribution >= 0.6 is 0 Å². The van der Waals surface area contributed by atoms with Crippen molar-refractivity contribution >= 4 is 11.6 Å². The molecular formula is C24H20FNO. The molecule has 0 heterocycles. The molecule has 134 valence electrons. The van der Waals surface area contributed by atoms with Crippen molar-refractivity contribution in [2.24, 2.45) is 0 Å². The Balaban J connectivity index is 2.04. The number of nitrogens with one attached hydrogen (secondary N) is 1. The zero-order valence-electron chi connectivity index (χ0n) is 15.1. The van der Waals surface area contributed by atoms with E-state index in [-0.39, 0.29) is 5.91 Å². The molecule has 3 heteroatoms. The molecule has 2 nitrogen and oxygen atoms in total. The predicted octanol–water partition coefficient (Wildman–Crippen LogP) is 5.16. The summed E-state index contributed by atoms with van der Waals surface area (Å²) in [7, 11) is 0. The second-order valence-corrected chi connectivity index (χ2v) is 6.21. The van der Waals surface area contributed by atoms with Gasteiger partial charge in [-0.1, -0.05) is 73.4 Å². The van der Waals surface area contributed by atoms with Crippen LogP contribution in [0.25, 0.3) is 0 Å². The first kappa shape index (κ1) is 18.4. The van der Waals surface area contributed by atoms with E-state index < -0.39 is 11.2 Å². The lowest BCUT2D eigenvalue weighted by molar-refractivity contribution is -0.119. The second-order valence-electron chi connectivity index (χ2n) is 6.21. The van der Waals surface area contributed by atoms with Gasteiger partial charge in [-0.2, -0.15) is 0 Å². The highest BCUT2D eigenvalue weighted by atomic mass is 19.1. The lowest BCUT2D eigenvalue weighted by Gasteiger charge is -2.26. The van der Waals surface area contributed by atoms with Crippen LogP contribution in [0.2, 0.25) is 0 Å². The van der Waals surface area contributed by atoms with E-state index in [0.717, 1.165) is 11.1 Å². The number of anilines is 1. The van der Waals surface area contributed by atoms with E-state index in [1.807, 2.05) is 67.6 Å². The molecule has 0 aliphatic rings. The van der Waals surface area contributed by atoms with Gasteiger partial charge in [-0.3, -0.25) is 4.79 Å². The third-order valence-electron chi connectivity index (χ3n) is 4.46. The molecule has 27 heavy (non-hydrogen) atoms. The third-order valence-corrected chi connectivity index (χ3v) is 4.46. The standard InChI is InChI=1S/C24H20FNO/c1-2-24(20-12-7-4-8-13-20,17-16-19-10-5-3-6-11-19)23(27)26-22-15-9-14-21(25)18-22/h3-15,18H,2H2,1H3,(H,26,27)/t24-/m1/s1. The molecule has 0 fully saturated rings. The molecule has 1 N–H and O–H groups in total. The summed E-state index contributed by atoms with van der Waals surface area (Å²) in [6, 6.07) is 24.9. The maximum atomic E-state index is 13.5. The molecule has 0 aliphatic heterocycles. The second kappa shape index (κ2) is 8.33. The summed E-state index contributed by atoms with van der Waals surface area (Å²) in [4.78, 5) is 13.3. The Labute approximate surface area is 159 Å². The lowest BCUT2D eigenvalue weighted by atomic mass is 9.77. The third kappa shape index (κ3) is 4.24. The largest absolute Gasteiger partial charge is 0.324 e. The van der Waals surface area contributed by atoms with E-state index in [4.69, 9.17) is 0 Å². The van der Waals surface area contributed by atoms with Gasteiger partial charge < -0.3 is 5.32 Å². The number of rotatable bonds is 4. The SMILES string of the molecule is CC[C@](C#Cc1ccccc1)(C(=O)Nc1cccc(F)c1)c1ccccc1. The van der Waals surface area contributed by atoms with Crippen LogP contribution in [0.3, 0.4) is 0 Å². The molecule has 0 saturated carbocycles. The zero-order valence-corrected chi connectivity index (χ0v) is 15.1. The Morgan fingerprint density at radius 2 is 1.63 bits per heavy atom. The van der Waals surface area contributed by atoms with Crippen molar-refractivity contribution in [1.29, 1.82) is 0 Å². The van der Waals surface area contributed by atoms with Gasteiger partial charge in [-0.25, -0.2) is 4.39 Å². The maximum Gasteiger partial charge on any atom is 0.247 e. The number of carbonyl (C=O) groups excluding carboxylic acids is 1. The topological polar surface area (TPSA) is 29.1 Å². The minimum absolute atomic E-state index is 0.273. The summed E-state index contributed by atoms with van der Waals surface area (Å²) in [6.07, 6.45) is 0.484. The van der Waals surface area contributed by atoms with Crippen LogP contribution in [0.4, 0.5) is 10.1 Å². The molecule has 0 aliphatic carbocycles. The molecule has 1 amide bonds. The smallest absolute Gasteiger partial charge is 0.247 e. The predicted molar refractivity (Wildman–Crippen MR) is 107 cm³/mol. The molecule has 0 unspecified atom stereocenters. The van der Waals surface area contributed by atoms with Crippen LogP contribution in [0.15, 0.2) is 84.9 Å². The average molecular weight is 357 g/mol. The summed E-state index contributed by atoms with van der Waals surface area (Å²) >= 11 is 0. The normalized spacial score (nSPS) is 12.4. The van der Waals surface area contributed by atoms with Crippen molar-refractivity contribution in [3.63, 3.8) is 0 Å². The number of hydrogen-bond donors (Lipinski definition) is 1. The number of carbonyl (C=O) groups is 1. The van der Waals surface area contributed by atoms with Crippen molar-refractivity contribution in [2.75, 3.05) is 5.32 Å². The van der Waals surface area contributed by atoms with Crippen LogP contribution < -0.4 is 5.32 Å². The van der Waals surface area contributed by atoms with E-state index in [1.54, 1.807) is 12.1 Å². The lowest BCUT2D eigenvalue weighted by Crippen LogP contribution is -2.38. The maximum absolute atomic E-state index is 13.5. The number of benzene rings is 3. The molecule has 0 spiro atoms. The Hall–Kier alpha value is -3.38. The first-order chi connectivity index (χ1) is 13.1. The van der Waals surface area contributed by atoms with Gasteiger partial charge in [-0.05, 0) is 42.3 Å². The minimum atomic E-state index is -1.04. The molecule has 0 saturated heterocycles. The van der Waals surface area contributed by atoms with Crippen LogP contribution in [0.5, 0.6) is 0 Å². The van der Waals surface area contributed by atoms with Gasteiger partial charge in [-0.15, -0.1) is 0 Å². The van der Waals surface area contributed by atoms with E-state index in [9.17, 15) is 9.18 Å². The van der Waals surface area contributed by atoms with Gasteiger partial charge in [0.05, 0.1) is 0 Å². The highest BCUT2D eigenvalue weighted by Gasteiger charge is 2.37. The highest BCUT2D eigenvalue weighted by molar-refractivity contribution is 6.01. The molecule has 0 aromatic heterocycles. The first-order valence-electron chi connectivity index (χ1n) is 8.85. The Kier molecular flexibility index (Phi) is 5.68. The van der Waals surface area contributed by atoms with Gasteiger partial charge in [0.2, 0.25) is 5.91 Å². The average Bonchev–Trinajstić information content (AvgIpc) is 2.70. The van der Waals surface area contributed by atoms with E-state index in [2.05, 4.69) is 17.2 Å². The minimum Gasteiger partial charge on any atom is -0.324 e. The van der Waals surface area contributed by atoms with Crippen molar-refractivity contribution in [3.05, 3.63) is 102 Å². The molecule has 3 aromatic rings. The van der Waals surface area contributed by atoms with Crippen molar-refractivity contribution in [3.8, 4) is 11.8 Å². The van der Waals surface area contributed by atoms with Crippen molar-refractivity contribution in [2.45, 2.75) is 18.8 Å². The van der Waals surface area contributed by atoms with Gasteiger partial charge >= 0.3 is 0 Å².